The monoisotopic (exact) mass is 408 g/mol. The zero-order valence-corrected chi connectivity index (χ0v) is 17.3. The smallest absolute Gasteiger partial charge is 0.0596 e. The molecule has 0 spiro atoms. The fraction of sp³-hybridized carbons (Fsp3) is 1.00. The Labute approximate surface area is 153 Å². The summed E-state index contributed by atoms with van der Waals surface area (Å²) in [6.45, 7) is 0. The lowest BCUT2D eigenvalue weighted by atomic mass is 10.6. The van der Waals surface area contributed by atoms with Gasteiger partial charge in [-0.2, -0.15) is 25.3 Å². The van der Waals surface area contributed by atoms with Crippen molar-refractivity contribution in [1.29, 1.82) is 0 Å². The van der Waals surface area contributed by atoms with Crippen LogP contribution in [0.1, 0.15) is 0 Å². The van der Waals surface area contributed by atoms with Crippen molar-refractivity contribution in [3.8, 4) is 0 Å². The first-order valence-corrected chi connectivity index (χ1v) is 13.8. The van der Waals surface area contributed by atoms with Gasteiger partial charge in [-0.25, -0.2) is 0 Å². The molecular weight excluding hydrogens is 389 g/mol. The molecule has 2 fully saturated rings. The molecule has 2 aliphatic heterocycles. The number of thiol groups is 2. The van der Waals surface area contributed by atoms with Crippen molar-refractivity contribution in [3.05, 3.63) is 0 Å². The molecule has 112 valence electrons. The lowest BCUT2D eigenvalue weighted by Crippen LogP contribution is -2.03. The Kier molecular flexibility index (Phi) is 10.1. The van der Waals surface area contributed by atoms with Crippen LogP contribution in [0, 0.1) is 0 Å². The van der Waals surface area contributed by atoms with Crippen LogP contribution in [0.4, 0.5) is 0 Å². The number of rotatable bonds is 8. The summed E-state index contributed by atoms with van der Waals surface area (Å²) in [5.74, 6) is 7.28. The molecule has 8 heteroatoms. The van der Waals surface area contributed by atoms with Crippen molar-refractivity contribution in [2.45, 2.75) is 19.7 Å². The first kappa shape index (κ1) is 18.1. The molecule has 0 aromatic carbocycles. The van der Waals surface area contributed by atoms with Crippen LogP contribution in [-0.2, 0) is 0 Å². The maximum atomic E-state index is 4.39. The molecule has 0 amide bonds. The van der Waals surface area contributed by atoms with Gasteiger partial charge in [0.15, 0.2) is 0 Å². The number of thioether (sulfide) groups is 6. The van der Waals surface area contributed by atoms with E-state index in [-0.39, 0.29) is 0 Å². The highest BCUT2D eigenvalue weighted by Gasteiger charge is 2.26. The molecule has 0 N–H and O–H groups in total. The van der Waals surface area contributed by atoms with Gasteiger partial charge in [-0.15, -0.1) is 70.6 Å². The third-order valence-electron chi connectivity index (χ3n) is 2.71. The molecule has 0 aromatic heterocycles. The fourth-order valence-electron chi connectivity index (χ4n) is 1.73. The first-order valence-electron chi connectivity index (χ1n) is 6.23. The Morgan fingerprint density at radius 2 is 1.32 bits per heavy atom. The summed E-state index contributed by atoms with van der Waals surface area (Å²) in [7, 11) is 0. The first-order chi connectivity index (χ1) is 9.31. The summed E-state index contributed by atoms with van der Waals surface area (Å²) in [5.41, 5.74) is 0. The average Bonchev–Trinajstić information content (AvgIpc) is 3.06. The maximum Gasteiger partial charge on any atom is 0.0596 e. The zero-order valence-electron chi connectivity index (χ0n) is 10.6. The van der Waals surface area contributed by atoms with Crippen LogP contribution in [0.25, 0.3) is 0 Å². The maximum absolute atomic E-state index is 4.39. The molecule has 2 rings (SSSR count). The predicted molar refractivity (Wildman–Crippen MR) is 113 cm³/mol. The molecule has 2 saturated heterocycles. The second-order valence-electron chi connectivity index (χ2n) is 4.27. The summed E-state index contributed by atoms with van der Waals surface area (Å²) < 4.78 is 1.62. The van der Waals surface area contributed by atoms with Gasteiger partial charge in [0, 0.05) is 50.1 Å². The van der Waals surface area contributed by atoms with Crippen LogP contribution in [0.2, 0.25) is 0 Å². The molecule has 0 bridgehead atoms. The van der Waals surface area contributed by atoms with E-state index < -0.39 is 0 Å². The molecule has 4 unspecified atom stereocenters. The second kappa shape index (κ2) is 10.6. The fourth-order valence-corrected chi connectivity index (χ4v) is 12.3. The van der Waals surface area contributed by atoms with Gasteiger partial charge in [0.25, 0.3) is 0 Å². The molecule has 0 saturated carbocycles. The Balaban J connectivity index is 1.45. The minimum atomic E-state index is 0.788. The summed E-state index contributed by atoms with van der Waals surface area (Å²) in [5, 5.41) is 2.83. The summed E-state index contributed by atoms with van der Waals surface area (Å²) in [6.07, 6.45) is 0. The van der Waals surface area contributed by atoms with Gasteiger partial charge in [-0.05, 0) is 0 Å². The van der Waals surface area contributed by atoms with E-state index in [0.717, 1.165) is 31.2 Å². The van der Waals surface area contributed by atoms with Gasteiger partial charge >= 0.3 is 0 Å². The van der Waals surface area contributed by atoms with Crippen LogP contribution >= 0.6 is 95.8 Å². The van der Waals surface area contributed by atoms with E-state index in [1.165, 1.54) is 28.1 Å². The summed E-state index contributed by atoms with van der Waals surface area (Å²) in [4.78, 5) is 0. The standard InChI is InChI=1S/C11H20S8/c12-1-8-3-16-10(18-8)5-14-7-15-6-11-17-4-9(2-13)19-11/h8-13H,1-7H2. The van der Waals surface area contributed by atoms with Crippen molar-refractivity contribution in [2.75, 3.05) is 39.6 Å². The van der Waals surface area contributed by atoms with E-state index in [1.807, 2.05) is 0 Å². The van der Waals surface area contributed by atoms with E-state index in [4.69, 9.17) is 0 Å². The predicted octanol–water partition coefficient (Wildman–Crippen LogP) is 4.62. The molecule has 0 radical (unpaired) electrons. The molecule has 0 aromatic rings. The summed E-state index contributed by atoms with van der Waals surface area (Å²) in [6, 6.07) is 0. The molecule has 2 heterocycles. The third kappa shape index (κ3) is 6.83. The Bertz CT molecular complexity index is 227. The zero-order chi connectivity index (χ0) is 13.5. The molecule has 4 atom stereocenters. The third-order valence-corrected chi connectivity index (χ3v) is 13.9. The molecule has 2 aliphatic rings. The molecule has 0 nitrogen and oxygen atoms in total. The van der Waals surface area contributed by atoms with Gasteiger partial charge in [-0.1, -0.05) is 0 Å². The Morgan fingerprint density at radius 3 is 1.68 bits per heavy atom. The molecular formula is C11H20S8. The van der Waals surface area contributed by atoms with E-state index in [1.54, 1.807) is 0 Å². The van der Waals surface area contributed by atoms with E-state index in [2.05, 4.69) is 95.8 Å². The normalized spacial score (nSPS) is 35.1. The highest BCUT2D eigenvalue weighted by molar-refractivity contribution is 8.24. The Hall–Kier alpha value is 2.80. The van der Waals surface area contributed by atoms with Crippen LogP contribution in [0.15, 0.2) is 0 Å². The van der Waals surface area contributed by atoms with Gasteiger partial charge in [0.1, 0.15) is 0 Å². The largest absolute Gasteiger partial charge is 0.178 e. The lowest BCUT2D eigenvalue weighted by Gasteiger charge is -2.10. The minimum absolute atomic E-state index is 0.788. The minimum Gasteiger partial charge on any atom is -0.178 e. The topological polar surface area (TPSA) is 0 Å². The molecule has 19 heavy (non-hydrogen) atoms. The van der Waals surface area contributed by atoms with Gasteiger partial charge in [-0.3, -0.25) is 0 Å². The lowest BCUT2D eigenvalue weighted by molar-refractivity contribution is 1.17. The van der Waals surface area contributed by atoms with Gasteiger partial charge < -0.3 is 0 Å². The van der Waals surface area contributed by atoms with Crippen LogP contribution in [0.5, 0.6) is 0 Å². The number of hydrogen-bond donors (Lipinski definition) is 2. The SMILES string of the molecule is SCC1CSC(CSCSCC2SCC(CS)S2)S1. The van der Waals surface area contributed by atoms with Crippen LogP contribution < -0.4 is 0 Å². The number of hydrogen-bond acceptors (Lipinski definition) is 8. The van der Waals surface area contributed by atoms with E-state index >= 15 is 0 Å². The highest BCUT2D eigenvalue weighted by atomic mass is 32.2. The van der Waals surface area contributed by atoms with Gasteiger partial charge in [0.05, 0.1) is 9.16 Å². The van der Waals surface area contributed by atoms with Crippen molar-refractivity contribution in [2.24, 2.45) is 0 Å². The van der Waals surface area contributed by atoms with Crippen molar-refractivity contribution >= 4 is 95.8 Å². The second-order valence-corrected chi connectivity index (χ2v) is 13.5. The highest BCUT2D eigenvalue weighted by Crippen LogP contribution is 2.42. The van der Waals surface area contributed by atoms with Crippen molar-refractivity contribution in [1.82, 2.24) is 0 Å². The average molecular weight is 409 g/mol. The van der Waals surface area contributed by atoms with E-state index in [9.17, 15) is 0 Å². The van der Waals surface area contributed by atoms with Crippen molar-refractivity contribution < 1.29 is 0 Å². The van der Waals surface area contributed by atoms with Crippen molar-refractivity contribution in [3.63, 3.8) is 0 Å². The quantitative estimate of drug-likeness (QED) is 0.339. The van der Waals surface area contributed by atoms with Crippen LogP contribution in [0.3, 0.4) is 0 Å². The van der Waals surface area contributed by atoms with Gasteiger partial charge in [0.2, 0.25) is 0 Å². The van der Waals surface area contributed by atoms with Crippen LogP contribution in [-0.4, -0.2) is 59.3 Å². The Morgan fingerprint density at radius 1 is 0.842 bits per heavy atom. The molecule has 0 aliphatic carbocycles. The van der Waals surface area contributed by atoms with E-state index in [0.29, 0.717) is 0 Å². The summed E-state index contributed by atoms with van der Waals surface area (Å²) >= 11 is 21.5.